The van der Waals surface area contributed by atoms with E-state index in [9.17, 15) is 22.8 Å². The van der Waals surface area contributed by atoms with Crippen LogP contribution in [0.2, 0.25) is 0 Å². The minimum absolute atomic E-state index is 0.00625. The van der Waals surface area contributed by atoms with Crippen LogP contribution in [0.15, 0.2) is 53.6 Å². The van der Waals surface area contributed by atoms with Crippen molar-refractivity contribution in [2.75, 3.05) is 18.1 Å². The summed E-state index contributed by atoms with van der Waals surface area (Å²) in [7, 11) is 0. The molecule has 0 aromatic heterocycles. The fourth-order valence-corrected chi connectivity index (χ4v) is 3.15. The third-order valence-corrected chi connectivity index (χ3v) is 4.60. The third-order valence-electron chi connectivity index (χ3n) is 4.60. The average molecular weight is 419 g/mol. The van der Waals surface area contributed by atoms with Crippen LogP contribution in [-0.2, 0) is 15.8 Å². The Morgan fingerprint density at radius 1 is 1.23 bits per heavy atom. The predicted molar refractivity (Wildman–Crippen MR) is 105 cm³/mol. The second-order valence-corrected chi connectivity index (χ2v) is 6.65. The monoisotopic (exact) mass is 419 g/mol. The van der Waals surface area contributed by atoms with Crippen molar-refractivity contribution in [2.24, 2.45) is 11.0 Å². The lowest BCUT2D eigenvalue weighted by molar-refractivity contribution is -0.137. The molecule has 0 unspecified atom stereocenters. The zero-order valence-corrected chi connectivity index (χ0v) is 16.1. The Hall–Kier alpha value is -3.36. The number of hydrogen-bond donors (Lipinski definition) is 1. The van der Waals surface area contributed by atoms with E-state index in [1.54, 1.807) is 24.3 Å². The van der Waals surface area contributed by atoms with Crippen LogP contribution in [-0.4, -0.2) is 31.2 Å². The Labute approximate surface area is 171 Å². The van der Waals surface area contributed by atoms with E-state index < -0.39 is 23.6 Å². The van der Waals surface area contributed by atoms with Crippen molar-refractivity contribution in [1.29, 1.82) is 0 Å². The summed E-state index contributed by atoms with van der Waals surface area (Å²) in [6.45, 7) is 2.55. The molecule has 0 bridgehead atoms. The number of carbonyl (C=O) groups is 2. The number of hydrazone groups is 1. The Morgan fingerprint density at radius 2 is 1.93 bits per heavy atom. The molecule has 0 saturated carbocycles. The fourth-order valence-electron chi connectivity index (χ4n) is 3.15. The molecule has 9 heteroatoms. The van der Waals surface area contributed by atoms with Gasteiger partial charge in [0.1, 0.15) is 5.75 Å². The lowest BCUT2D eigenvalue weighted by Crippen LogP contribution is -2.30. The molecule has 3 rings (SSSR count). The molecule has 1 aliphatic rings. The lowest BCUT2D eigenvalue weighted by Gasteiger charge is -2.17. The van der Waals surface area contributed by atoms with Crippen molar-refractivity contribution in [3.05, 3.63) is 59.7 Å². The largest absolute Gasteiger partial charge is 0.494 e. The number of halogens is 3. The van der Waals surface area contributed by atoms with Gasteiger partial charge in [-0.15, -0.1) is 0 Å². The van der Waals surface area contributed by atoms with Crippen LogP contribution in [0.5, 0.6) is 5.75 Å². The normalized spacial score (nSPS) is 16.9. The van der Waals surface area contributed by atoms with Gasteiger partial charge in [0.2, 0.25) is 11.8 Å². The van der Waals surface area contributed by atoms with Gasteiger partial charge in [-0.25, -0.2) is 5.43 Å². The van der Waals surface area contributed by atoms with Crippen molar-refractivity contribution in [3.8, 4) is 5.75 Å². The van der Waals surface area contributed by atoms with E-state index >= 15 is 0 Å². The predicted octanol–water partition coefficient (Wildman–Crippen LogP) is 3.61. The van der Waals surface area contributed by atoms with Gasteiger partial charge in [-0.1, -0.05) is 18.2 Å². The molecule has 1 heterocycles. The summed E-state index contributed by atoms with van der Waals surface area (Å²) >= 11 is 0. The SMILES string of the molecule is CCOc1ccc(N2C[C@@H](C(=O)N/N=C\c3ccccc3C(F)(F)F)CC2=O)cc1. The Kier molecular flexibility index (Phi) is 6.39. The summed E-state index contributed by atoms with van der Waals surface area (Å²) in [4.78, 5) is 26.1. The van der Waals surface area contributed by atoms with Crippen LogP contribution >= 0.6 is 0 Å². The molecule has 1 aliphatic heterocycles. The van der Waals surface area contributed by atoms with E-state index in [4.69, 9.17) is 4.74 Å². The molecule has 0 aliphatic carbocycles. The Balaban J connectivity index is 1.62. The van der Waals surface area contributed by atoms with Crippen molar-refractivity contribution >= 4 is 23.7 Å². The van der Waals surface area contributed by atoms with E-state index in [1.807, 2.05) is 6.92 Å². The maximum absolute atomic E-state index is 13.0. The molecule has 2 aromatic carbocycles. The summed E-state index contributed by atoms with van der Waals surface area (Å²) in [5, 5.41) is 3.64. The van der Waals surface area contributed by atoms with Gasteiger partial charge in [0.15, 0.2) is 0 Å². The van der Waals surface area contributed by atoms with Gasteiger partial charge in [-0.05, 0) is 37.3 Å². The topological polar surface area (TPSA) is 71.0 Å². The number of carbonyl (C=O) groups excluding carboxylic acids is 2. The number of alkyl halides is 3. The van der Waals surface area contributed by atoms with Gasteiger partial charge in [0.25, 0.3) is 0 Å². The van der Waals surface area contributed by atoms with Gasteiger partial charge in [-0.2, -0.15) is 18.3 Å². The van der Waals surface area contributed by atoms with Gasteiger partial charge in [0, 0.05) is 24.2 Å². The second kappa shape index (κ2) is 8.98. The molecule has 1 atom stereocenters. The number of ether oxygens (including phenoxy) is 1. The fraction of sp³-hybridized carbons (Fsp3) is 0.286. The first-order chi connectivity index (χ1) is 14.3. The molecule has 2 aromatic rings. The molecule has 2 amide bonds. The van der Waals surface area contributed by atoms with E-state index in [0.717, 1.165) is 12.3 Å². The molecule has 158 valence electrons. The van der Waals surface area contributed by atoms with Gasteiger partial charge in [-0.3, -0.25) is 9.59 Å². The van der Waals surface area contributed by atoms with Crippen molar-refractivity contribution in [2.45, 2.75) is 19.5 Å². The number of rotatable bonds is 6. The van der Waals surface area contributed by atoms with E-state index in [-0.39, 0.29) is 24.4 Å². The smallest absolute Gasteiger partial charge is 0.417 e. The first-order valence-electron chi connectivity index (χ1n) is 9.32. The van der Waals surface area contributed by atoms with E-state index in [0.29, 0.717) is 18.0 Å². The quantitative estimate of drug-likeness (QED) is 0.575. The molecular formula is C21H20F3N3O3. The molecule has 1 saturated heterocycles. The molecule has 0 spiro atoms. The molecule has 1 fully saturated rings. The van der Waals surface area contributed by atoms with Crippen LogP contribution < -0.4 is 15.1 Å². The highest BCUT2D eigenvalue weighted by molar-refractivity contribution is 6.00. The molecular weight excluding hydrogens is 399 g/mol. The van der Waals surface area contributed by atoms with Crippen LogP contribution in [0.4, 0.5) is 18.9 Å². The van der Waals surface area contributed by atoms with Gasteiger partial charge < -0.3 is 9.64 Å². The molecule has 1 N–H and O–H groups in total. The summed E-state index contributed by atoms with van der Waals surface area (Å²) in [6, 6.07) is 11.9. The van der Waals surface area contributed by atoms with E-state index in [1.165, 1.54) is 23.1 Å². The maximum Gasteiger partial charge on any atom is 0.417 e. The van der Waals surface area contributed by atoms with Crippen LogP contribution in [0, 0.1) is 5.92 Å². The number of anilines is 1. The molecule has 6 nitrogen and oxygen atoms in total. The third kappa shape index (κ3) is 4.97. The average Bonchev–Trinajstić information content (AvgIpc) is 3.10. The molecule has 30 heavy (non-hydrogen) atoms. The summed E-state index contributed by atoms with van der Waals surface area (Å²) in [6.07, 6.45) is -3.59. The number of amides is 2. The van der Waals surface area contributed by atoms with E-state index in [2.05, 4.69) is 10.5 Å². The van der Waals surface area contributed by atoms with Crippen LogP contribution in [0.25, 0.3) is 0 Å². The molecule has 0 radical (unpaired) electrons. The minimum atomic E-state index is -4.53. The van der Waals surface area contributed by atoms with Gasteiger partial charge in [0.05, 0.1) is 24.3 Å². The highest BCUT2D eigenvalue weighted by Gasteiger charge is 2.35. The number of hydrogen-bond acceptors (Lipinski definition) is 4. The summed E-state index contributed by atoms with van der Waals surface area (Å²) < 4.78 is 44.4. The Morgan fingerprint density at radius 3 is 2.60 bits per heavy atom. The zero-order chi connectivity index (χ0) is 21.7. The standard InChI is InChI=1S/C21H20F3N3O3/c1-2-30-17-9-7-16(8-10-17)27-13-15(11-19(27)28)20(29)26-25-12-14-5-3-4-6-18(14)21(22,23)24/h3-10,12,15H,2,11,13H2,1H3,(H,26,29)/b25-12-/t15-/m0/s1. The highest BCUT2D eigenvalue weighted by Crippen LogP contribution is 2.31. The maximum atomic E-state index is 13.0. The van der Waals surface area contributed by atoms with Crippen molar-refractivity contribution in [1.82, 2.24) is 5.43 Å². The van der Waals surface area contributed by atoms with Gasteiger partial charge >= 0.3 is 6.18 Å². The summed E-state index contributed by atoms with van der Waals surface area (Å²) in [5.41, 5.74) is 1.86. The number of nitrogens with zero attached hydrogens (tertiary/aromatic N) is 2. The van der Waals surface area contributed by atoms with Crippen molar-refractivity contribution in [3.63, 3.8) is 0 Å². The van der Waals surface area contributed by atoms with Crippen molar-refractivity contribution < 1.29 is 27.5 Å². The zero-order valence-electron chi connectivity index (χ0n) is 16.1. The number of nitrogens with one attached hydrogen (secondary N) is 1. The first kappa shape index (κ1) is 21.4. The highest BCUT2D eigenvalue weighted by atomic mass is 19.4. The second-order valence-electron chi connectivity index (χ2n) is 6.65. The minimum Gasteiger partial charge on any atom is -0.494 e. The van der Waals surface area contributed by atoms with Crippen LogP contribution in [0.3, 0.4) is 0 Å². The Bertz CT molecular complexity index is 943. The van der Waals surface area contributed by atoms with Crippen LogP contribution in [0.1, 0.15) is 24.5 Å². The summed E-state index contributed by atoms with van der Waals surface area (Å²) in [5.74, 6) is -0.724. The number of benzene rings is 2. The lowest BCUT2D eigenvalue weighted by atomic mass is 10.1. The first-order valence-corrected chi connectivity index (χ1v) is 9.32.